The number of nitrogens with zero attached hydrogens (tertiary/aromatic N) is 1. The fourth-order valence-electron chi connectivity index (χ4n) is 2.60. The first-order valence-electron chi connectivity index (χ1n) is 8.19. The zero-order chi connectivity index (χ0) is 17.2. The van der Waals surface area contributed by atoms with Crippen molar-refractivity contribution in [2.45, 2.75) is 19.3 Å². The molecule has 3 N–H and O–H groups in total. The Morgan fingerprint density at radius 3 is 2.62 bits per heavy atom. The van der Waals surface area contributed by atoms with Gasteiger partial charge in [-0.1, -0.05) is 18.2 Å². The zero-order valence-corrected chi connectivity index (χ0v) is 13.6. The van der Waals surface area contributed by atoms with E-state index in [2.05, 4.69) is 10.3 Å². The third-order valence-electron chi connectivity index (χ3n) is 3.90. The first kappa shape index (κ1) is 18.2. The number of benzene rings is 1. The third kappa shape index (κ3) is 5.47. The van der Waals surface area contributed by atoms with Crippen LogP contribution in [-0.4, -0.2) is 47.5 Å². The lowest BCUT2D eigenvalue weighted by Gasteiger charge is -2.15. The Morgan fingerprint density at radius 1 is 1.12 bits per heavy atom. The van der Waals surface area contributed by atoms with Crippen LogP contribution in [0.3, 0.4) is 0 Å². The Kier molecular flexibility index (Phi) is 7.45. The number of hydrogen-bond acceptors (Lipinski definition) is 5. The van der Waals surface area contributed by atoms with Crippen molar-refractivity contribution in [3.8, 4) is 5.75 Å². The second kappa shape index (κ2) is 9.85. The van der Waals surface area contributed by atoms with Gasteiger partial charge in [0.25, 0.3) is 5.91 Å². The van der Waals surface area contributed by atoms with Crippen LogP contribution in [-0.2, 0) is 4.79 Å². The van der Waals surface area contributed by atoms with Crippen LogP contribution in [0.5, 0.6) is 5.75 Å². The lowest BCUT2D eigenvalue weighted by molar-refractivity contribution is -0.123. The summed E-state index contributed by atoms with van der Waals surface area (Å²) in [6, 6.07) is 9.40. The van der Waals surface area contributed by atoms with Gasteiger partial charge in [0.1, 0.15) is 11.3 Å². The van der Waals surface area contributed by atoms with Crippen LogP contribution < -0.4 is 10.1 Å². The number of rotatable bonds is 10. The Bertz CT molecular complexity index is 636. The van der Waals surface area contributed by atoms with E-state index in [1.807, 2.05) is 24.3 Å². The van der Waals surface area contributed by atoms with Crippen LogP contribution >= 0.6 is 0 Å². The van der Waals surface area contributed by atoms with E-state index in [0.29, 0.717) is 25.1 Å². The number of hydrogen-bond donors (Lipinski definition) is 3. The number of pyridine rings is 1. The van der Waals surface area contributed by atoms with Crippen LogP contribution in [0.4, 0.5) is 0 Å². The number of aliphatic hydroxyl groups excluding tert-OH is 2. The topological polar surface area (TPSA) is 91.7 Å². The molecule has 0 unspecified atom stereocenters. The van der Waals surface area contributed by atoms with Gasteiger partial charge < -0.3 is 20.3 Å². The molecule has 2 aromatic rings. The molecule has 1 aromatic carbocycles. The minimum absolute atomic E-state index is 0.0691. The Balaban J connectivity index is 1.78. The highest BCUT2D eigenvalue weighted by Crippen LogP contribution is 2.22. The molecule has 0 saturated heterocycles. The normalized spacial score (nSPS) is 11.0. The van der Waals surface area contributed by atoms with Gasteiger partial charge in [0.05, 0.1) is 0 Å². The number of fused-ring (bicyclic) bond motifs is 1. The summed E-state index contributed by atoms with van der Waals surface area (Å²) >= 11 is 0. The van der Waals surface area contributed by atoms with E-state index in [0.717, 1.165) is 17.3 Å². The van der Waals surface area contributed by atoms with Gasteiger partial charge in [-0.3, -0.25) is 9.78 Å². The summed E-state index contributed by atoms with van der Waals surface area (Å²) in [6.45, 7) is 0.618. The molecule has 0 bridgehead atoms. The molecule has 0 aliphatic heterocycles. The summed E-state index contributed by atoms with van der Waals surface area (Å²) in [5.74, 6) is 0.597. The average Bonchev–Trinajstić information content (AvgIpc) is 2.60. The quantitative estimate of drug-likeness (QED) is 0.613. The summed E-state index contributed by atoms with van der Waals surface area (Å²) in [6.07, 6.45) is 3.68. The number of aliphatic hydroxyl groups is 2. The standard InChI is InChI=1S/C18H24N2O4/c21-11-7-14(8-12-22)6-10-19-17(23)13-24-16-5-1-3-15-4-2-9-20-18(15)16/h1-5,9,14,21-22H,6-8,10-13H2,(H,19,23). The van der Waals surface area contributed by atoms with Crippen molar-refractivity contribution in [1.82, 2.24) is 10.3 Å². The molecule has 0 aliphatic rings. The van der Waals surface area contributed by atoms with Gasteiger partial charge in [0.15, 0.2) is 6.61 Å². The Labute approximate surface area is 141 Å². The van der Waals surface area contributed by atoms with Crippen LogP contribution in [0.2, 0.25) is 0 Å². The van der Waals surface area contributed by atoms with Crippen molar-refractivity contribution in [3.05, 3.63) is 36.5 Å². The molecule has 0 aliphatic carbocycles. The van der Waals surface area contributed by atoms with Gasteiger partial charge in [-0.2, -0.15) is 0 Å². The summed E-state index contributed by atoms with van der Waals surface area (Å²) in [4.78, 5) is 16.2. The molecular formula is C18H24N2O4. The molecule has 6 heteroatoms. The van der Waals surface area contributed by atoms with Crippen LogP contribution in [0, 0.1) is 5.92 Å². The molecule has 24 heavy (non-hydrogen) atoms. The van der Waals surface area contributed by atoms with E-state index in [9.17, 15) is 4.79 Å². The number of nitrogens with one attached hydrogen (secondary N) is 1. The Morgan fingerprint density at radius 2 is 1.88 bits per heavy atom. The molecule has 0 fully saturated rings. The first-order chi connectivity index (χ1) is 11.7. The van der Waals surface area contributed by atoms with E-state index in [4.69, 9.17) is 14.9 Å². The van der Waals surface area contributed by atoms with Gasteiger partial charge in [0.2, 0.25) is 0 Å². The maximum Gasteiger partial charge on any atom is 0.257 e. The lowest BCUT2D eigenvalue weighted by atomic mass is 9.98. The lowest BCUT2D eigenvalue weighted by Crippen LogP contribution is -2.31. The van der Waals surface area contributed by atoms with Crippen molar-refractivity contribution >= 4 is 16.8 Å². The fourth-order valence-corrected chi connectivity index (χ4v) is 2.60. The first-order valence-corrected chi connectivity index (χ1v) is 8.19. The number of amides is 1. The highest BCUT2D eigenvalue weighted by molar-refractivity contribution is 5.85. The second-order valence-electron chi connectivity index (χ2n) is 5.65. The molecule has 6 nitrogen and oxygen atoms in total. The molecule has 0 atom stereocenters. The van der Waals surface area contributed by atoms with E-state index in [1.165, 1.54) is 0 Å². The Hall–Kier alpha value is -2.18. The summed E-state index contributed by atoms with van der Waals surface area (Å²) in [5.41, 5.74) is 0.735. The molecule has 130 valence electrons. The second-order valence-corrected chi connectivity index (χ2v) is 5.65. The van der Waals surface area contributed by atoms with Crippen LogP contribution in [0.25, 0.3) is 10.9 Å². The smallest absolute Gasteiger partial charge is 0.257 e. The number of para-hydroxylation sites is 1. The van der Waals surface area contributed by atoms with Gasteiger partial charge in [-0.15, -0.1) is 0 Å². The molecule has 2 rings (SSSR count). The molecule has 0 spiro atoms. The van der Waals surface area contributed by atoms with Crippen molar-refractivity contribution in [2.75, 3.05) is 26.4 Å². The molecule has 1 heterocycles. The maximum absolute atomic E-state index is 11.9. The largest absolute Gasteiger partial charge is 0.481 e. The molecule has 1 amide bonds. The highest BCUT2D eigenvalue weighted by Gasteiger charge is 2.10. The van der Waals surface area contributed by atoms with E-state index in [-0.39, 0.29) is 31.6 Å². The molecule has 0 radical (unpaired) electrons. The van der Waals surface area contributed by atoms with Crippen LogP contribution in [0.15, 0.2) is 36.5 Å². The summed E-state index contributed by atoms with van der Waals surface area (Å²) in [5, 5.41) is 21.7. The molecule has 1 aromatic heterocycles. The minimum Gasteiger partial charge on any atom is -0.481 e. The molecular weight excluding hydrogens is 308 g/mol. The van der Waals surface area contributed by atoms with E-state index >= 15 is 0 Å². The molecule has 0 saturated carbocycles. The number of ether oxygens (including phenoxy) is 1. The summed E-state index contributed by atoms with van der Waals surface area (Å²) < 4.78 is 5.58. The SMILES string of the molecule is O=C(COc1cccc2cccnc12)NCCC(CCO)CCO. The van der Waals surface area contributed by atoms with Crippen LogP contribution in [0.1, 0.15) is 19.3 Å². The van der Waals surface area contributed by atoms with Crippen molar-refractivity contribution in [3.63, 3.8) is 0 Å². The van der Waals surface area contributed by atoms with Gasteiger partial charge in [-0.05, 0) is 37.3 Å². The maximum atomic E-state index is 11.9. The van der Waals surface area contributed by atoms with Gasteiger partial charge >= 0.3 is 0 Å². The monoisotopic (exact) mass is 332 g/mol. The minimum atomic E-state index is -0.199. The predicted molar refractivity (Wildman–Crippen MR) is 91.8 cm³/mol. The third-order valence-corrected chi connectivity index (χ3v) is 3.90. The number of carbonyl (C=O) groups excluding carboxylic acids is 1. The van der Waals surface area contributed by atoms with Gasteiger partial charge in [0, 0.05) is 31.3 Å². The van der Waals surface area contributed by atoms with Crippen molar-refractivity contribution in [1.29, 1.82) is 0 Å². The highest BCUT2D eigenvalue weighted by atomic mass is 16.5. The number of aromatic nitrogens is 1. The van der Waals surface area contributed by atoms with E-state index < -0.39 is 0 Å². The fraction of sp³-hybridized carbons (Fsp3) is 0.444. The van der Waals surface area contributed by atoms with Crippen molar-refractivity contribution in [2.24, 2.45) is 5.92 Å². The zero-order valence-electron chi connectivity index (χ0n) is 13.6. The average molecular weight is 332 g/mol. The predicted octanol–water partition coefficient (Wildman–Crippen LogP) is 1.50. The summed E-state index contributed by atoms with van der Waals surface area (Å²) in [7, 11) is 0. The van der Waals surface area contributed by atoms with E-state index in [1.54, 1.807) is 12.3 Å². The van der Waals surface area contributed by atoms with Gasteiger partial charge in [-0.25, -0.2) is 0 Å². The van der Waals surface area contributed by atoms with Crippen molar-refractivity contribution < 1.29 is 19.7 Å². The number of carbonyl (C=O) groups is 1.